The van der Waals surface area contributed by atoms with Crippen molar-refractivity contribution in [2.24, 2.45) is 11.8 Å². The predicted molar refractivity (Wildman–Crippen MR) is 126 cm³/mol. The van der Waals surface area contributed by atoms with Crippen LogP contribution in [0.1, 0.15) is 26.3 Å². The zero-order valence-corrected chi connectivity index (χ0v) is 20.7. The Kier molecular flexibility index (Phi) is 11.6. The molecule has 0 spiro atoms. The molecule has 1 amide bonds. The van der Waals surface area contributed by atoms with Gasteiger partial charge in [-0.1, -0.05) is 95.9 Å². The van der Waals surface area contributed by atoms with Crippen molar-refractivity contribution in [3.63, 3.8) is 0 Å². The summed E-state index contributed by atoms with van der Waals surface area (Å²) in [6.45, 7) is 5.63. The van der Waals surface area contributed by atoms with E-state index in [1.54, 1.807) is 20.1 Å². The van der Waals surface area contributed by atoms with E-state index in [-0.39, 0.29) is 12.0 Å². The summed E-state index contributed by atoms with van der Waals surface area (Å²) in [6.07, 6.45) is 6.36. The number of amides is 1. The largest absolute Gasteiger partial charge is 0.469 e. The van der Waals surface area contributed by atoms with Crippen LogP contribution in [0.15, 0.2) is 54.1 Å². The lowest BCUT2D eigenvalue weighted by molar-refractivity contribution is -0.145. The molecule has 0 bridgehead atoms. The van der Waals surface area contributed by atoms with E-state index in [9.17, 15) is 9.59 Å². The van der Waals surface area contributed by atoms with Gasteiger partial charge in [0, 0.05) is 13.0 Å². The number of alkyl halides is 3. The molecule has 0 aliphatic rings. The minimum atomic E-state index is -2.13. The number of nitrogens with one attached hydrogen (secondary N) is 1. The first-order chi connectivity index (χ1) is 14.5. The van der Waals surface area contributed by atoms with E-state index < -0.39 is 27.6 Å². The SMILES string of the molecule is COC(=O)[C@H](C)[C@@H](/C=C/C(C)=C/[C@@H](C)[C@@H](Cc1ccccc1)OC)NC(=O)C(Cl)(Cl)Cl. The standard InChI is InChI=1S/C23H30Cl3NO4/c1-15(13-16(2)20(30-4)14-18-9-7-6-8-10-18)11-12-19(17(3)21(28)31-5)27-22(29)23(24,25)26/h6-13,16-17,19-20H,14H2,1-5H3,(H,27,29)/b12-11+,15-13+/t16-,17-,19-,20-/m1/s1. The number of carbonyl (C=O) groups is 2. The van der Waals surface area contributed by atoms with Crippen molar-refractivity contribution < 1.29 is 19.1 Å². The Hall–Kier alpha value is -1.53. The lowest BCUT2D eigenvalue weighted by Crippen LogP contribution is -2.45. The number of methoxy groups -OCH3 is 2. The molecule has 0 fully saturated rings. The van der Waals surface area contributed by atoms with Crippen molar-refractivity contribution in [2.75, 3.05) is 14.2 Å². The third-order valence-electron chi connectivity index (χ3n) is 4.93. The average molecular weight is 491 g/mol. The molecule has 4 atom stereocenters. The van der Waals surface area contributed by atoms with Gasteiger partial charge in [0.25, 0.3) is 9.70 Å². The van der Waals surface area contributed by atoms with Gasteiger partial charge < -0.3 is 14.8 Å². The number of allylic oxidation sites excluding steroid dienone is 2. The molecule has 8 heteroatoms. The number of benzene rings is 1. The quantitative estimate of drug-likeness (QED) is 0.283. The van der Waals surface area contributed by atoms with Crippen molar-refractivity contribution in [1.29, 1.82) is 0 Å². The van der Waals surface area contributed by atoms with Crippen LogP contribution in [0, 0.1) is 11.8 Å². The van der Waals surface area contributed by atoms with Crippen LogP contribution < -0.4 is 5.32 Å². The molecule has 0 heterocycles. The summed E-state index contributed by atoms with van der Waals surface area (Å²) in [5.74, 6) is -1.86. The van der Waals surface area contributed by atoms with Crippen LogP contribution in [0.25, 0.3) is 0 Å². The van der Waals surface area contributed by atoms with E-state index in [1.165, 1.54) is 12.7 Å². The molecule has 172 valence electrons. The number of halogens is 3. The van der Waals surface area contributed by atoms with E-state index in [2.05, 4.69) is 30.4 Å². The predicted octanol–water partition coefficient (Wildman–Crippen LogP) is 5.05. The van der Waals surface area contributed by atoms with Crippen molar-refractivity contribution in [3.05, 3.63) is 59.7 Å². The van der Waals surface area contributed by atoms with Crippen molar-refractivity contribution in [1.82, 2.24) is 5.32 Å². The van der Waals surface area contributed by atoms with Gasteiger partial charge in [-0.25, -0.2) is 0 Å². The zero-order valence-electron chi connectivity index (χ0n) is 18.4. The fraction of sp³-hybridized carbons (Fsp3) is 0.478. The number of esters is 1. The minimum Gasteiger partial charge on any atom is -0.469 e. The number of hydrogen-bond acceptors (Lipinski definition) is 4. The third-order valence-corrected chi connectivity index (χ3v) is 5.44. The number of ether oxygens (including phenoxy) is 2. The van der Waals surface area contributed by atoms with Gasteiger partial charge in [-0.15, -0.1) is 0 Å². The van der Waals surface area contributed by atoms with E-state index in [4.69, 9.17) is 44.3 Å². The van der Waals surface area contributed by atoms with Crippen molar-refractivity contribution >= 4 is 46.7 Å². The number of carbonyl (C=O) groups excluding carboxylic acids is 2. The molecular weight excluding hydrogens is 461 g/mol. The highest BCUT2D eigenvalue weighted by atomic mass is 35.6. The smallest absolute Gasteiger partial charge is 0.310 e. The lowest BCUT2D eigenvalue weighted by Gasteiger charge is -2.23. The summed E-state index contributed by atoms with van der Waals surface area (Å²) in [4.78, 5) is 24.1. The molecule has 1 rings (SSSR count). The summed E-state index contributed by atoms with van der Waals surface area (Å²) in [7, 11) is 2.98. The Morgan fingerprint density at radius 2 is 1.74 bits per heavy atom. The van der Waals surface area contributed by atoms with Gasteiger partial charge in [0.2, 0.25) is 0 Å². The van der Waals surface area contributed by atoms with E-state index in [0.717, 1.165) is 12.0 Å². The summed E-state index contributed by atoms with van der Waals surface area (Å²) >= 11 is 16.9. The first-order valence-electron chi connectivity index (χ1n) is 9.88. The zero-order chi connectivity index (χ0) is 23.6. The normalized spacial score (nSPS) is 16.5. The molecule has 5 nitrogen and oxygen atoms in total. The Labute approximate surface area is 199 Å². The van der Waals surface area contributed by atoms with Gasteiger partial charge in [-0.2, -0.15) is 0 Å². The maximum atomic E-state index is 12.1. The molecule has 1 aromatic rings. The Balaban J connectivity index is 2.95. The molecule has 0 radical (unpaired) electrons. The number of hydrogen-bond donors (Lipinski definition) is 1. The van der Waals surface area contributed by atoms with Crippen LogP contribution in [-0.4, -0.2) is 42.0 Å². The van der Waals surface area contributed by atoms with Crippen molar-refractivity contribution in [2.45, 2.75) is 43.1 Å². The van der Waals surface area contributed by atoms with Gasteiger partial charge >= 0.3 is 5.97 Å². The molecule has 0 unspecified atom stereocenters. The fourth-order valence-corrected chi connectivity index (χ4v) is 3.23. The van der Waals surface area contributed by atoms with Crippen LogP contribution in [0.4, 0.5) is 0 Å². The Bertz CT molecular complexity index is 775. The maximum absolute atomic E-state index is 12.1. The van der Waals surface area contributed by atoms with Crippen LogP contribution in [0.5, 0.6) is 0 Å². The summed E-state index contributed by atoms with van der Waals surface area (Å²) in [5.41, 5.74) is 2.14. The summed E-state index contributed by atoms with van der Waals surface area (Å²) < 4.78 is 8.33. The molecule has 0 saturated carbocycles. The van der Waals surface area contributed by atoms with Gasteiger partial charge in [0.1, 0.15) is 0 Å². The highest BCUT2D eigenvalue weighted by Crippen LogP contribution is 2.26. The van der Waals surface area contributed by atoms with Gasteiger partial charge in [-0.3, -0.25) is 9.59 Å². The molecule has 0 saturated heterocycles. The van der Waals surface area contributed by atoms with Gasteiger partial charge in [0.15, 0.2) is 0 Å². The average Bonchev–Trinajstić information content (AvgIpc) is 2.73. The van der Waals surface area contributed by atoms with Crippen LogP contribution in [-0.2, 0) is 25.5 Å². The fourth-order valence-electron chi connectivity index (χ4n) is 3.07. The molecule has 0 aliphatic carbocycles. The highest BCUT2D eigenvalue weighted by molar-refractivity contribution is 6.76. The molecule has 0 aromatic heterocycles. The van der Waals surface area contributed by atoms with E-state index >= 15 is 0 Å². The molecule has 1 aromatic carbocycles. The first kappa shape index (κ1) is 27.5. The second kappa shape index (κ2) is 13.1. The molecule has 1 N–H and O–H groups in total. The second-order valence-electron chi connectivity index (χ2n) is 7.40. The van der Waals surface area contributed by atoms with Crippen molar-refractivity contribution in [3.8, 4) is 0 Å². The monoisotopic (exact) mass is 489 g/mol. The molecule has 31 heavy (non-hydrogen) atoms. The Morgan fingerprint density at radius 3 is 2.26 bits per heavy atom. The second-order valence-corrected chi connectivity index (χ2v) is 9.68. The highest BCUT2D eigenvalue weighted by Gasteiger charge is 2.34. The van der Waals surface area contributed by atoms with E-state index in [1.807, 2.05) is 31.2 Å². The van der Waals surface area contributed by atoms with Crippen LogP contribution in [0.2, 0.25) is 0 Å². The summed E-state index contributed by atoms with van der Waals surface area (Å²) in [5, 5.41) is 2.57. The lowest BCUT2D eigenvalue weighted by atomic mass is 9.95. The number of rotatable bonds is 10. The van der Waals surface area contributed by atoms with Gasteiger partial charge in [0.05, 0.1) is 25.2 Å². The van der Waals surface area contributed by atoms with Crippen LogP contribution >= 0.6 is 34.8 Å². The molecule has 0 aliphatic heterocycles. The van der Waals surface area contributed by atoms with Crippen LogP contribution in [0.3, 0.4) is 0 Å². The molecular formula is C23H30Cl3NO4. The Morgan fingerprint density at radius 1 is 1.13 bits per heavy atom. The maximum Gasteiger partial charge on any atom is 0.310 e. The topological polar surface area (TPSA) is 64.6 Å². The third kappa shape index (κ3) is 9.65. The summed E-state index contributed by atoms with van der Waals surface area (Å²) in [6, 6.07) is 9.42. The first-order valence-corrected chi connectivity index (χ1v) is 11.0. The van der Waals surface area contributed by atoms with E-state index in [0.29, 0.717) is 0 Å². The van der Waals surface area contributed by atoms with Gasteiger partial charge in [-0.05, 0) is 25.8 Å². The minimum absolute atomic E-state index is 0.000367.